The van der Waals surface area contributed by atoms with E-state index in [-0.39, 0.29) is 11.5 Å². The Hall–Kier alpha value is -3.29. The minimum Gasteiger partial charge on any atom is -0.497 e. The van der Waals surface area contributed by atoms with Crippen molar-refractivity contribution in [3.63, 3.8) is 0 Å². The van der Waals surface area contributed by atoms with Crippen molar-refractivity contribution in [3.8, 4) is 23.6 Å². The molecule has 3 aromatic rings. The number of thioether (sulfide) groups is 1. The van der Waals surface area contributed by atoms with Crippen LogP contribution in [0.1, 0.15) is 12.8 Å². The number of aromatic nitrogens is 2. The number of methoxy groups -OCH3 is 1. The Labute approximate surface area is 167 Å². The molecule has 0 amide bonds. The van der Waals surface area contributed by atoms with Gasteiger partial charge in [0.1, 0.15) is 5.75 Å². The SMILES string of the molecule is COc1cccc(-n2c(SC[C@@H](C#N)CCC#N)nc3ccccc3c2=O)c1. The Morgan fingerprint density at radius 1 is 1.21 bits per heavy atom. The molecule has 2 aromatic carbocycles. The second-order valence-corrected chi connectivity index (χ2v) is 7.07. The molecule has 6 nitrogen and oxygen atoms in total. The zero-order chi connectivity index (χ0) is 19.9. The Bertz CT molecular complexity index is 1130. The van der Waals surface area contributed by atoms with E-state index < -0.39 is 0 Å². The highest BCUT2D eigenvalue weighted by Crippen LogP contribution is 2.25. The van der Waals surface area contributed by atoms with Crippen molar-refractivity contribution in [1.29, 1.82) is 10.5 Å². The van der Waals surface area contributed by atoms with Crippen LogP contribution in [0.2, 0.25) is 0 Å². The second-order valence-electron chi connectivity index (χ2n) is 6.09. The van der Waals surface area contributed by atoms with Crippen LogP contribution in [0.4, 0.5) is 0 Å². The second kappa shape index (κ2) is 9.07. The summed E-state index contributed by atoms with van der Waals surface area (Å²) in [5.74, 6) is 0.802. The van der Waals surface area contributed by atoms with E-state index in [0.29, 0.717) is 46.1 Å². The van der Waals surface area contributed by atoms with E-state index in [0.717, 1.165) is 0 Å². The van der Waals surface area contributed by atoms with E-state index in [1.54, 1.807) is 29.9 Å². The molecular weight excluding hydrogens is 372 g/mol. The fraction of sp³-hybridized carbons (Fsp3) is 0.238. The lowest BCUT2D eigenvalue weighted by Gasteiger charge is -2.15. The molecule has 0 spiro atoms. The molecule has 3 rings (SSSR count). The molecule has 28 heavy (non-hydrogen) atoms. The highest BCUT2D eigenvalue weighted by Gasteiger charge is 2.16. The van der Waals surface area contributed by atoms with Crippen LogP contribution in [-0.4, -0.2) is 22.4 Å². The first-order valence-electron chi connectivity index (χ1n) is 8.73. The normalized spacial score (nSPS) is 11.5. The van der Waals surface area contributed by atoms with E-state index in [1.165, 1.54) is 11.8 Å². The lowest BCUT2D eigenvalue weighted by molar-refractivity contribution is 0.414. The number of hydrogen-bond donors (Lipinski definition) is 0. The predicted octanol–water partition coefficient (Wildman–Crippen LogP) is 3.93. The summed E-state index contributed by atoms with van der Waals surface area (Å²) in [4.78, 5) is 17.9. The molecule has 0 aliphatic heterocycles. The van der Waals surface area contributed by atoms with Gasteiger partial charge in [0.2, 0.25) is 0 Å². The van der Waals surface area contributed by atoms with Crippen LogP contribution in [0.15, 0.2) is 58.5 Å². The number of hydrogen-bond acceptors (Lipinski definition) is 6. The molecule has 0 N–H and O–H groups in total. The maximum atomic E-state index is 13.2. The molecule has 1 aromatic heterocycles. The summed E-state index contributed by atoms with van der Waals surface area (Å²) < 4.78 is 6.84. The molecule has 0 aliphatic carbocycles. The van der Waals surface area contributed by atoms with E-state index in [2.05, 4.69) is 17.1 Å². The van der Waals surface area contributed by atoms with Crippen LogP contribution in [-0.2, 0) is 0 Å². The lowest BCUT2D eigenvalue weighted by atomic mass is 10.1. The average Bonchev–Trinajstić information content (AvgIpc) is 2.74. The van der Waals surface area contributed by atoms with E-state index in [4.69, 9.17) is 10.00 Å². The topological polar surface area (TPSA) is 91.7 Å². The average molecular weight is 390 g/mol. The molecule has 0 bridgehead atoms. The number of nitrogens with zero attached hydrogens (tertiary/aromatic N) is 4. The molecular formula is C21H18N4O2S. The van der Waals surface area contributed by atoms with E-state index in [1.807, 2.05) is 30.3 Å². The Balaban J connectivity index is 2.08. The molecule has 7 heteroatoms. The molecule has 0 radical (unpaired) electrons. The van der Waals surface area contributed by atoms with Crippen LogP contribution in [0.3, 0.4) is 0 Å². The zero-order valence-electron chi connectivity index (χ0n) is 15.3. The van der Waals surface area contributed by atoms with Gasteiger partial charge < -0.3 is 4.74 Å². The molecule has 140 valence electrons. The number of nitriles is 2. The van der Waals surface area contributed by atoms with Gasteiger partial charge in [-0.15, -0.1) is 0 Å². The third-order valence-corrected chi connectivity index (χ3v) is 5.36. The standard InChI is InChI=1S/C21H18N4O2S/c1-27-17-8-4-7-16(12-17)25-20(26)18-9-2-3-10-19(18)24-21(25)28-14-15(13-23)6-5-11-22/h2-4,7-10,12,15H,5-6,14H2,1H3/t15-/m1/s1. The summed E-state index contributed by atoms with van der Waals surface area (Å²) in [5, 5.41) is 19.1. The quantitative estimate of drug-likeness (QED) is 0.448. The third-order valence-electron chi connectivity index (χ3n) is 4.26. The first kappa shape index (κ1) is 19.5. The van der Waals surface area contributed by atoms with Crippen molar-refractivity contribution in [3.05, 3.63) is 58.9 Å². The van der Waals surface area contributed by atoms with Crippen molar-refractivity contribution in [1.82, 2.24) is 9.55 Å². The van der Waals surface area contributed by atoms with Gasteiger partial charge >= 0.3 is 0 Å². The summed E-state index contributed by atoms with van der Waals surface area (Å²) in [6.45, 7) is 0. The van der Waals surface area contributed by atoms with E-state index in [9.17, 15) is 10.1 Å². The largest absolute Gasteiger partial charge is 0.497 e. The molecule has 0 saturated heterocycles. The minimum atomic E-state index is -0.285. The molecule has 0 saturated carbocycles. The van der Waals surface area contributed by atoms with Crippen LogP contribution < -0.4 is 10.3 Å². The number of benzene rings is 2. The van der Waals surface area contributed by atoms with Crippen LogP contribution in [0.25, 0.3) is 16.6 Å². The zero-order valence-corrected chi connectivity index (χ0v) is 16.1. The fourth-order valence-electron chi connectivity index (χ4n) is 2.79. The van der Waals surface area contributed by atoms with Crippen molar-refractivity contribution < 1.29 is 4.74 Å². The van der Waals surface area contributed by atoms with Gasteiger partial charge in [-0.2, -0.15) is 10.5 Å². The summed E-state index contributed by atoms with van der Waals surface area (Å²) in [5.41, 5.74) is 1.09. The van der Waals surface area contributed by atoms with Gasteiger partial charge in [0, 0.05) is 18.2 Å². The summed E-state index contributed by atoms with van der Waals surface area (Å²) in [7, 11) is 1.57. The smallest absolute Gasteiger partial charge is 0.266 e. The highest BCUT2D eigenvalue weighted by atomic mass is 32.2. The number of para-hydroxylation sites is 1. The molecule has 1 heterocycles. The number of rotatable bonds is 7. The van der Waals surface area contributed by atoms with Gasteiger partial charge in [-0.05, 0) is 30.7 Å². The van der Waals surface area contributed by atoms with Crippen molar-refractivity contribution in [2.45, 2.75) is 18.0 Å². The van der Waals surface area contributed by atoms with Gasteiger partial charge in [0.15, 0.2) is 5.16 Å². The number of fused-ring (bicyclic) bond motifs is 1. The predicted molar refractivity (Wildman–Crippen MR) is 109 cm³/mol. The van der Waals surface area contributed by atoms with Crippen LogP contribution >= 0.6 is 11.8 Å². The van der Waals surface area contributed by atoms with Gasteiger partial charge in [-0.25, -0.2) is 4.98 Å². The minimum absolute atomic E-state index is 0.174. The van der Waals surface area contributed by atoms with Crippen LogP contribution in [0, 0.1) is 28.6 Å². The van der Waals surface area contributed by atoms with Crippen molar-refractivity contribution >= 4 is 22.7 Å². The fourth-order valence-corrected chi connectivity index (χ4v) is 3.86. The first-order chi connectivity index (χ1) is 13.7. The highest BCUT2D eigenvalue weighted by molar-refractivity contribution is 7.99. The summed E-state index contributed by atoms with van der Waals surface area (Å²) >= 11 is 1.35. The summed E-state index contributed by atoms with van der Waals surface area (Å²) in [6.07, 6.45) is 0.823. The maximum absolute atomic E-state index is 13.2. The van der Waals surface area contributed by atoms with Gasteiger partial charge in [0.05, 0.1) is 41.8 Å². The van der Waals surface area contributed by atoms with Gasteiger partial charge in [-0.1, -0.05) is 30.0 Å². The Morgan fingerprint density at radius 3 is 2.79 bits per heavy atom. The summed E-state index contributed by atoms with van der Waals surface area (Å²) in [6, 6.07) is 18.7. The Morgan fingerprint density at radius 2 is 2.04 bits per heavy atom. The van der Waals surface area contributed by atoms with Crippen LogP contribution in [0.5, 0.6) is 5.75 Å². The molecule has 0 aliphatic rings. The molecule has 0 fully saturated rings. The Kier molecular flexibility index (Phi) is 6.31. The molecule has 0 unspecified atom stereocenters. The van der Waals surface area contributed by atoms with Gasteiger partial charge in [-0.3, -0.25) is 9.36 Å². The van der Waals surface area contributed by atoms with Crippen molar-refractivity contribution in [2.75, 3.05) is 12.9 Å². The third kappa shape index (κ3) is 4.16. The van der Waals surface area contributed by atoms with E-state index >= 15 is 0 Å². The van der Waals surface area contributed by atoms with Gasteiger partial charge in [0.25, 0.3) is 5.56 Å². The maximum Gasteiger partial charge on any atom is 0.266 e. The lowest BCUT2D eigenvalue weighted by Crippen LogP contribution is -2.22. The molecule has 1 atom stereocenters. The monoisotopic (exact) mass is 390 g/mol. The first-order valence-corrected chi connectivity index (χ1v) is 9.72. The van der Waals surface area contributed by atoms with Crippen molar-refractivity contribution in [2.24, 2.45) is 5.92 Å². The number of ether oxygens (including phenoxy) is 1.